The van der Waals surface area contributed by atoms with Gasteiger partial charge in [-0.1, -0.05) is 6.42 Å². The van der Waals surface area contributed by atoms with Crippen LogP contribution in [-0.4, -0.2) is 86.0 Å². The molecule has 1 saturated carbocycles. The van der Waals surface area contributed by atoms with Crippen molar-refractivity contribution in [3.63, 3.8) is 0 Å². The van der Waals surface area contributed by atoms with E-state index in [-0.39, 0.29) is 29.9 Å². The Labute approximate surface area is 146 Å². The number of likely N-dealkylation sites (N-methyl/N-ethyl adjacent to an activating group) is 2. The summed E-state index contributed by atoms with van der Waals surface area (Å²) in [5.74, 6) is 0.0278. The van der Waals surface area contributed by atoms with Crippen LogP contribution in [0.15, 0.2) is 0 Å². The third-order valence-corrected chi connectivity index (χ3v) is 5.71. The first-order valence-corrected chi connectivity index (χ1v) is 9.19. The quantitative estimate of drug-likeness (QED) is 0.730. The van der Waals surface area contributed by atoms with Gasteiger partial charge < -0.3 is 19.4 Å². The molecule has 0 unspecified atom stereocenters. The van der Waals surface area contributed by atoms with Gasteiger partial charge in [0.25, 0.3) is 0 Å². The molecule has 2 amide bonds. The average Bonchev–Trinajstić information content (AvgIpc) is 3.02. The lowest BCUT2D eigenvalue weighted by Crippen LogP contribution is -2.47. The minimum atomic E-state index is -0.205. The fraction of sp³-hybridized carbons (Fsp3) is 0.889. The van der Waals surface area contributed by atoms with Crippen molar-refractivity contribution in [3.8, 4) is 0 Å². The van der Waals surface area contributed by atoms with E-state index < -0.39 is 0 Å². The Hall–Kier alpha value is -1.14. The molecule has 0 radical (unpaired) electrons. The molecular weight excluding hydrogens is 306 g/mol. The van der Waals surface area contributed by atoms with Gasteiger partial charge in [-0.05, 0) is 38.8 Å². The maximum Gasteiger partial charge on any atom is 0.228 e. The number of carbonyl (C=O) groups excluding carboxylic acids is 2. The normalized spacial score (nSPS) is 27.9. The lowest BCUT2D eigenvalue weighted by molar-refractivity contribution is -0.141. The van der Waals surface area contributed by atoms with Crippen LogP contribution < -0.4 is 0 Å². The van der Waals surface area contributed by atoms with Crippen molar-refractivity contribution >= 4 is 11.8 Å². The van der Waals surface area contributed by atoms with Crippen molar-refractivity contribution < 1.29 is 14.3 Å². The Morgan fingerprint density at radius 1 is 1.12 bits per heavy atom. The van der Waals surface area contributed by atoms with E-state index in [0.717, 1.165) is 39.0 Å². The summed E-state index contributed by atoms with van der Waals surface area (Å²) in [6.45, 7) is 5.57. The van der Waals surface area contributed by atoms with E-state index in [4.69, 9.17) is 4.74 Å². The summed E-state index contributed by atoms with van der Waals surface area (Å²) in [4.78, 5) is 30.5. The maximum absolute atomic E-state index is 12.8. The number of piperidine rings is 1. The van der Waals surface area contributed by atoms with E-state index in [1.165, 1.54) is 19.3 Å². The summed E-state index contributed by atoms with van der Waals surface area (Å²) < 4.78 is 5.62. The van der Waals surface area contributed by atoms with E-state index in [0.29, 0.717) is 0 Å². The van der Waals surface area contributed by atoms with E-state index in [1.807, 2.05) is 11.9 Å². The Bertz CT molecular complexity index is 437. The number of hydrogen-bond acceptors (Lipinski definition) is 4. The smallest absolute Gasteiger partial charge is 0.228 e. The monoisotopic (exact) mass is 339 g/mol. The Balaban J connectivity index is 1.89. The fourth-order valence-corrected chi connectivity index (χ4v) is 4.05. The standard InChI is InChI=1S/C18H33N3O3/c1-14(22)20(3)16-9-8-15(17(16)24-4)18(23)19(2)12-13-21-10-6-5-7-11-21/h15-17H,5-13H2,1-4H3/t15-,16-,17+/m1/s1. The topological polar surface area (TPSA) is 53.1 Å². The molecule has 1 saturated heterocycles. The van der Waals surface area contributed by atoms with E-state index in [2.05, 4.69) is 4.90 Å². The van der Waals surface area contributed by atoms with Crippen molar-refractivity contribution in [1.29, 1.82) is 0 Å². The fourth-order valence-electron chi connectivity index (χ4n) is 4.05. The molecule has 0 N–H and O–H groups in total. The van der Waals surface area contributed by atoms with Crippen molar-refractivity contribution in [1.82, 2.24) is 14.7 Å². The summed E-state index contributed by atoms with van der Waals surface area (Å²) >= 11 is 0. The molecular formula is C18H33N3O3. The summed E-state index contributed by atoms with van der Waals surface area (Å²) in [6, 6.07) is -0.00283. The van der Waals surface area contributed by atoms with Crippen LogP contribution >= 0.6 is 0 Å². The highest BCUT2D eigenvalue weighted by Gasteiger charge is 2.43. The first-order valence-electron chi connectivity index (χ1n) is 9.19. The Morgan fingerprint density at radius 2 is 1.79 bits per heavy atom. The molecule has 2 aliphatic rings. The second-order valence-corrected chi connectivity index (χ2v) is 7.24. The predicted octanol–water partition coefficient (Wildman–Crippen LogP) is 1.20. The number of likely N-dealkylation sites (tertiary alicyclic amines) is 1. The zero-order valence-corrected chi connectivity index (χ0v) is 15.7. The second-order valence-electron chi connectivity index (χ2n) is 7.24. The van der Waals surface area contributed by atoms with Gasteiger partial charge in [-0.25, -0.2) is 0 Å². The summed E-state index contributed by atoms with van der Waals surface area (Å²) in [5.41, 5.74) is 0. The summed E-state index contributed by atoms with van der Waals surface area (Å²) in [7, 11) is 5.33. The number of amides is 2. The van der Waals surface area contributed by atoms with Gasteiger partial charge in [0.1, 0.15) is 0 Å². The molecule has 1 aliphatic heterocycles. The third-order valence-electron chi connectivity index (χ3n) is 5.71. The van der Waals surface area contributed by atoms with Crippen molar-refractivity contribution in [3.05, 3.63) is 0 Å². The van der Waals surface area contributed by atoms with Crippen LogP contribution in [0.25, 0.3) is 0 Å². The maximum atomic E-state index is 12.8. The molecule has 138 valence electrons. The zero-order chi connectivity index (χ0) is 17.7. The van der Waals surface area contributed by atoms with Crippen LogP contribution in [-0.2, 0) is 14.3 Å². The molecule has 3 atom stereocenters. The molecule has 2 rings (SSSR count). The van der Waals surface area contributed by atoms with Gasteiger partial charge in [-0.3, -0.25) is 9.59 Å². The van der Waals surface area contributed by atoms with Crippen LogP contribution in [0.1, 0.15) is 39.0 Å². The predicted molar refractivity (Wildman–Crippen MR) is 93.7 cm³/mol. The molecule has 2 fully saturated rings. The van der Waals surface area contributed by atoms with Crippen LogP contribution in [0, 0.1) is 5.92 Å². The minimum Gasteiger partial charge on any atom is -0.378 e. The van der Waals surface area contributed by atoms with Gasteiger partial charge in [0.15, 0.2) is 0 Å². The van der Waals surface area contributed by atoms with Crippen LogP contribution in [0.5, 0.6) is 0 Å². The highest BCUT2D eigenvalue weighted by molar-refractivity contribution is 5.80. The molecule has 6 nitrogen and oxygen atoms in total. The number of rotatable bonds is 6. The highest BCUT2D eigenvalue weighted by Crippen LogP contribution is 2.32. The van der Waals surface area contributed by atoms with Gasteiger partial charge in [0, 0.05) is 41.2 Å². The molecule has 0 aromatic carbocycles. The van der Waals surface area contributed by atoms with Crippen LogP contribution in [0.4, 0.5) is 0 Å². The molecule has 0 spiro atoms. The largest absolute Gasteiger partial charge is 0.378 e. The van der Waals surface area contributed by atoms with Crippen molar-refractivity contribution in [2.75, 3.05) is 47.4 Å². The van der Waals surface area contributed by atoms with Crippen LogP contribution in [0.2, 0.25) is 0 Å². The number of nitrogens with zero attached hydrogens (tertiary/aromatic N) is 3. The second kappa shape index (κ2) is 8.81. The van der Waals surface area contributed by atoms with Gasteiger partial charge in [0.05, 0.1) is 18.1 Å². The molecule has 24 heavy (non-hydrogen) atoms. The van der Waals surface area contributed by atoms with Crippen LogP contribution in [0.3, 0.4) is 0 Å². The molecule has 1 heterocycles. The van der Waals surface area contributed by atoms with E-state index in [9.17, 15) is 9.59 Å². The Kier molecular flexibility index (Phi) is 7.04. The van der Waals surface area contributed by atoms with Gasteiger partial charge in [-0.15, -0.1) is 0 Å². The first-order chi connectivity index (χ1) is 11.5. The lowest BCUT2D eigenvalue weighted by atomic mass is 10.0. The molecule has 0 aromatic heterocycles. The summed E-state index contributed by atoms with van der Waals surface area (Å²) in [6.07, 6.45) is 5.27. The van der Waals surface area contributed by atoms with Crippen molar-refractivity contribution in [2.24, 2.45) is 5.92 Å². The number of ether oxygens (including phenoxy) is 1. The summed E-state index contributed by atoms with van der Waals surface area (Å²) in [5, 5.41) is 0. The molecule has 0 bridgehead atoms. The molecule has 6 heteroatoms. The number of carbonyl (C=O) groups is 2. The Morgan fingerprint density at radius 3 is 2.38 bits per heavy atom. The lowest BCUT2D eigenvalue weighted by Gasteiger charge is -2.32. The molecule has 1 aliphatic carbocycles. The third kappa shape index (κ3) is 4.48. The van der Waals surface area contributed by atoms with Crippen molar-refractivity contribution in [2.45, 2.75) is 51.2 Å². The highest BCUT2D eigenvalue weighted by atomic mass is 16.5. The average molecular weight is 339 g/mol. The zero-order valence-electron chi connectivity index (χ0n) is 15.7. The van der Waals surface area contributed by atoms with E-state index in [1.54, 1.807) is 26.0 Å². The minimum absolute atomic E-state index is 0.00283. The number of methoxy groups -OCH3 is 1. The van der Waals surface area contributed by atoms with Gasteiger partial charge >= 0.3 is 0 Å². The van der Waals surface area contributed by atoms with Gasteiger partial charge in [-0.2, -0.15) is 0 Å². The van der Waals surface area contributed by atoms with E-state index >= 15 is 0 Å². The SMILES string of the molecule is CO[C@@H]1[C@H](N(C)C(C)=O)CC[C@H]1C(=O)N(C)CCN1CCCCC1. The van der Waals surface area contributed by atoms with Gasteiger partial charge in [0.2, 0.25) is 11.8 Å². The number of hydrogen-bond donors (Lipinski definition) is 0. The first kappa shape index (κ1) is 19.2. The molecule has 0 aromatic rings.